The summed E-state index contributed by atoms with van der Waals surface area (Å²) in [6.45, 7) is 0. The third kappa shape index (κ3) is 2.52. The molecule has 0 atom stereocenters. The zero-order chi connectivity index (χ0) is 12.3. The summed E-state index contributed by atoms with van der Waals surface area (Å²) in [6, 6.07) is 1.57. The molecule has 0 saturated heterocycles. The second-order valence-electron chi connectivity index (χ2n) is 2.70. The van der Waals surface area contributed by atoms with Gasteiger partial charge in [-0.05, 0) is 18.2 Å². The summed E-state index contributed by atoms with van der Waals surface area (Å²) in [6.07, 6.45) is -4.02. The first-order chi connectivity index (χ1) is 7.36. The maximum atomic E-state index is 12.8. The van der Waals surface area contributed by atoms with Gasteiger partial charge in [-0.15, -0.1) is 4.99 Å². The number of alkyl halides is 3. The Bertz CT molecular complexity index is 475. The predicted octanol–water partition coefficient (Wildman–Crippen LogP) is 2.32. The van der Waals surface area contributed by atoms with Crippen LogP contribution in [0.4, 0.5) is 17.6 Å². The fourth-order valence-corrected chi connectivity index (χ4v) is 0.982. The normalized spacial score (nSPS) is 10.8. The molecule has 1 rings (SSSR count). The van der Waals surface area contributed by atoms with E-state index < -0.39 is 29.0 Å². The number of hydrogen-bond acceptors (Lipinski definition) is 2. The van der Waals surface area contributed by atoms with E-state index in [0.717, 1.165) is 12.1 Å². The highest BCUT2D eigenvalue weighted by Gasteiger charge is 2.34. The van der Waals surface area contributed by atoms with Crippen LogP contribution in [0, 0.1) is 5.82 Å². The second-order valence-corrected chi connectivity index (χ2v) is 2.70. The molecule has 1 amide bonds. The largest absolute Gasteiger partial charge is 0.419 e. The topological polar surface area (TPSA) is 46.5 Å². The molecule has 0 spiro atoms. The molecule has 0 bridgehead atoms. The van der Waals surface area contributed by atoms with Gasteiger partial charge in [0.1, 0.15) is 5.82 Å². The Balaban J connectivity index is 3.28. The molecular formula is C9H3F4NO2. The Morgan fingerprint density at radius 2 is 1.94 bits per heavy atom. The molecule has 1 aromatic carbocycles. The van der Waals surface area contributed by atoms with Crippen molar-refractivity contribution in [3.05, 3.63) is 35.1 Å². The lowest BCUT2D eigenvalue weighted by Gasteiger charge is -2.08. The van der Waals surface area contributed by atoms with E-state index >= 15 is 0 Å². The molecule has 0 radical (unpaired) electrons. The van der Waals surface area contributed by atoms with Crippen LogP contribution in [0.1, 0.15) is 15.9 Å². The van der Waals surface area contributed by atoms with Crippen molar-refractivity contribution in [1.82, 2.24) is 0 Å². The maximum Gasteiger partial charge on any atom is 0.419 e. The van der Waals surface area contributed by atoms with Gasteiger partial charge in [0.15, 0.2) is 0 Å². The molecule has 0 unspecified atom stereocenters. The van der Waals surface area contributed by atoms with Gasteiger partial charge in [-0.1, -0.05) is 0 Å². The fourth-order valence-electron chi connectivity index (χ4n) is 0.982. The van der Waals surface area contributed by atoms with Gasteiger partial charge < -0.3 is 0 Å². The number of rotatable bonds is 1. The van der Waals surface area contributed by atoms with Crippen LogP contribution in [0.5, 0.6) is 0 Å². The molecule has 84 valence electrons. The third-order valence-corrected chi connectivity index (χ3v) is 1.67. The van der Waals surface area contributed by atoms with Crippen LogP contribution in [0.2, 0.25) is 0 Å². The molecule has 1 aromatic rings. The Morgan fingerprint density at radius 3 is 2.44 bits per heavy atom. The number of aliphatic imine (C=N–C) groups is 1. The molecule has 0 aromatic heterocycles. The maximum absolute atomic E-state index is 12.8. The third-order valence-electron chi connectivity index (χ3n) is 1.67. The molecule has 0 saturated carbocycles. The van der Waals surface area contributed by atoms with Gasteiger partial charge in [0.05, 0.1) is 5.56 Å². The van der Waals surface area contributed by atoms with Crippen LogP contribution in [0.15, 0.2) is 23.2 Å². The molecule has 0 heterocycles. The van der Waals surface area contributed by atoms with Crippen LogP contribution in [-0.2, 0) is 11.0 Å². The molecule has 0 fully saturated rings. The quantitative estimate of drug-likeness (QED) is 0.424. The lowest BCUT2D eigenvalue weighted by atomic mass is 10.1. The lowest BCUT2D eigenvalue weighted by Crippen LogP contribution is -2.09. The minimum absolute atomic E-state index is 0.290. The summed E-state index contributed by atoms with van der Waals surface area (Å²) in [5.41, 5.74) is -2.11. The number of benzene rings is 1. The van der Waals surface area contributed by atoms with Crippen LogP contribution in [0.25, 0.3) is 0 Å². The first-order valence-electron chi connectivity index (χ1n) is 3.85. The molecule has 0 aliphatic heterocycles. The predicted molar refractivity (Wildman–Crippen MR) is 43.9 cm³/mol. The highest BCUT2D eigenvalue weighted by molar-refractivity contribution is 5.97. The van der Waals surface area contributed by atoms with Gasteiger partial charge in [-0.2, -0.15) is 13.2 Å². The Morgan fingerprint density at radius 1 is 1.31 bits per heavy atom. The van der Waals surface area contributed by atoms with Gasteiger partial charge in [0.2, 0.25) is 6.08 Å². The first kappa shape index (κ1) is 12.1. The Hall–Kier alpha value is -2.01. The van der Waals surface area contributed by atoms with Crippen LogP contribution >= 0.6 is 0 Å². The number of nitrogens with zero attached hydrogens (tertiary/aromatic N) is 1. The summed E-state index contributed by atoms with van der Waals surface area (Å²) in [5.74, 6) is -2.71. The van der Waals surface area contributed by atoms with E-state index in [1.54, 1.807) is 0 Å². The number of hydrogen-bond donors (Lipinski definition) is 0. The molecule has 0 aliphatic rings. The molecule has 3 nitrogen and oxygen atoms in total. The zero-order valence-corrected chi connectivity index (χ0v) is 7.51. The summed E-state index contributed by atoms with van der Waals surface area (Å²) in [7, 11) is 0. The van der Waals surface area contributed by atoms with E-state index in [9.17, 15) is 27.2 Å². The Labute approximate surface area is 86.4 Å². The van der Waals surface area contributed by atoms with Gasteiger partial charge >= 0.3 is 6.18 Å². The average Bonchev–Trinajstić information content (AvgIpc) is 2.16. The highest BCUT2D eigenvalue weighted by Crippen LogP contribution is 2.31. The molecule has 0 aliphatic carbocycles. The van der Waals surface area contributed by atoms with Gasteiger partial charge in [-0.3, -0.25) is 4.79 Å². The zero-order valence-electron chi connectivity index (χ0n) is 7.51. The summed E-state index contributed by atoms with van der Waals surface area (Å²) < 4.78 is 49.4. The minimum atomic E-state index is -4.91. The van der Waals surface area contributed by atoms with Crippen molar-refractivity contribution in [2.24, 2.45) is 4.99 Å². The average molecular weight is 233 g/mol. The lowest BCUT2D eigenvalue weighted by molar-refractivity contribution is -0.140. The van der Waals surface area contributed by atoms with E-state index in [-0.39, 0.29) is 0 Å². The van der Waals surface area contributed by atoms with E-state index in [1.165, 1.54) is 0 Å². The number of isocyanates is 1. The van der Waals surface area contributed by atoms with E-state index in [0.29, 0.717) is 12.1 Å². The van der Waals surface area contributed by atoms with Crippen LogP contribution < -0.4 is 0 Å². The van der Waals surface area contributed by atoms with Crippen molar-refractivity contribution in [2.45, 2.75) is 6.18 Å². The molecular weight excluding hydrogens is 230 g/mol. The molecule has 16 heavy (non-hydrogen) atoms. The van der Waals surface area contributed by atoms with Crippen molar-refractivity contribution in [2.75, 3.05) is 0 Å². The van der Waals surface area contributed by atoms with E-state index in [4.69, 9.17) is 0 Å². The standard InChI is InChI=1S/C9H3F4NO2/c10-7-2-1-5(8(16)14-4-15)3-6(7)9(11,12)13/h1-3H. The number of amides is 1. The monoisotopic (exact) mass is 233 g/mol. The van der Waals surface area contributed by atoms with Crippen LogP contribution in [0.3, 0.4) is 0 Å². The minimum Gasteiger partial charge on any atom is -0.266 e. The number of carbonyl (C=O) groups is 1. The van der Waals surface area contributed by atoms with Crippen molar-refractivity contribution < 1.29 is 27.2 Å². The molecule has 7 heteroatoms. The smallest absolute Gasteiger partial charge is 0.266 e. The van der Waals surface area contributed by atoms with Crippen LogP contribution in [-0.4, -0.2) is 12.0 Å². The van der Waals surface area contributed by atoms with Crippen molar-refractivity contribution in [3.63, 3.8) is 0 Å². The fraction of sp³-hybridized carbons (Fsp3) is 0.111. The Kier molecular flexibility index (Phi) is 3.20. The first-order valence-corrected chi connectivity index (χ1v) is 3.85. The van der Waals surface area contributed by atoms with E-state index in [2.05, 4.69) is 4.99 Å². The summed E-state index contributed by atoms with van der Waals surface area (Å²) >= 11 is 0. The number of carbonyl (C=O) groups excluding carboxylic acids is 2. The number of halogens is 4. The molecule has 0 N–H and O–H groups in total. The van der Waals surface area contributed by atoms with E-state index in [1.807, 2.05) is 0 Å². The second kappa shape index (κ2) is 4.24. The summed E-state index contributed by atoms with van der Waals surface area (Å²) in [5, 5.41) is 0. The van der Waals surface area contributed by atoms with Crippen molar-refractivity contribution >= 4 is 12.0 Å². The highest BCUT2D eigenvalue weighted by atomic mass is 19.4. The van der Waals surface area contributed by atoms with Crippen molar-refractivity contribution in [1.29, 1.82) is 0 Å². The van der Waals surface area contributed by atoms with Gasteiger partial charge in [0, 0.05) is 5.56 Å². The van der Waals surface area contributed by atoms with Gasteiger partial charge in [0.25, 0.3) is 5.91 Å². The summed E-state index contributed by atoms with van der Waals surface area (Å²) in [4.78, 5) is 23.3. The van der Waals surface area contributed by atoms with Crippen molar-refractivity contribution in [3.8, 4) is 0 Å². The van der Waals surface area contributed by atoms with Gasteiger partial charge in [-0.25, -0.2) is 9.18 Å². The SMILES string of the molecule is O=C=NC(=O)c1ccc(F)c(C(F)(F)F)c1.